The first-order valence-corrected chi connectivity index (χ1v) is 11.2. The van der Waals surface area contributed by atoms with E-state index < -0.39 is 0 Å². The zero-order chi connectivity index (χ0) is 23.0. The lowest BCUT2D eigenvalue weighted by molar-refractivity contribution is 0.147. The lowest BCUT2D eigenvalue weighted by Crippen LogP contribution is -2.50. The SMILES string of the molecule is O=C(Nc1ccccc1)N1CCN(CCCN(c2ccc(F)cc2)c2ccc(F)cc2)CC1. The topological polar surface area (TPSA) is 38.8 Å². The van der Waals surface area contributed by atoms with Gasteiger partial charge in [0, 0.05) is 49.8 Å². The number of nitrogens with one attached hydrogen (secondary N) is 1. The molecule has 0 radical (unpaired) electrons. The van der Waals surface area contributed by atoms with Crippen LogP contribution in [0.2, 0.25) is 0 Å². The van der Waals surface area contributed by atoms with Crippen molar-refractivity contribution in [2.45, 2.75) is 6.42 Å². The lowest BCUT2D eigenvalue weighted by Gasteiger charge is -2.35. The smallest absolute Gasteiger partial charge is 0.321 e. The average molecular weight is 451 g/mol. The van der Waals surface area contributed by atoms with Gasteiger partial charge in [-0.05, 0) is 73.6 Å². The number of carbonyl (C=O) groups excluding carboxylic acids is 1. The number of amides is 2. The number of rotatable bonds is 7. The molecular formula is C26H28F2N4O. The summed E-state index contributed by atoms with van der Waals surface area (Å²) in [5.41, 5.74) is 2.53. The highest BCUT2D eigenvalue weighted by molar-refractivity contribution is 5.89. The molecule has 1 fully saturated rings. The highest BCUT2D eigenvalue weighted by Gasteiger charge is 2.21. The lowest BCUT2D eigenvalue weighted by atomic mass is 10.2. The first kappa shape index (κ1) is 22.7. The largest absolute Gasteiger partial charge is 0.341 e. The molecule has 172 valence electrons. The van der Waals surface area contributed by atoms with E-state index in [2.05, 4.69) is 15.1 Å². The van der Waals surface area contributed by atoms with Crippen molar-refractivity contribution in [3.8, 4) is 0 Å². The Balaban J connectivity index is 1.28. The summed E-state index contributed by atoms with van der Waals surface area (Å²) in [6.07, 6.45) is 0.880. The molecule has 2 amide bonds. The van der Waals surface area contributed by atoms with Gasteiger partial charge in [-0.3, -0.25) is 4.90 Å². The number of halogens is 2. The zero-order valence-electron chi connectivity index (χ0n) is 18.5. The molecule has 0 aromatic heterocycles. The number of carbonyl (C=O) groups is 1. The first-order valence-electron chi connectivity index (χ1n) is 11.2. The van der Waals surface area contributed by atoms with Crippen molar-refractivity contribution in [2.24, 2.45) is 0 Å². The molecule has 5 nitrogen and oxygen atoms in total. The summed E-state index contributed by atoms with van der Waals surface area (Å²) in [4.78, 5) is 18.7. The van der Waals surface area contributed by atoms with Crippen LogP contribution in [0.3, 0.4) is 0 Å². The number of anilines is 3. The number of urea groups is 1. The molecule has 1 heterocycles. The fourth-order valence-corrected chi connectivity index (χ4v) is 4.00. The molecule has 3 aromatic rings. The quantitative estimate of drug-likeness (QED) is 0.528. The van der Waals surface area contributed by atoms with E-state index in [0.717, 1.165) is 43.1 Å². The van der Waals surface area contributed by atoms with Gasteiger partial charge in [-0.25, -0.2) is 13.6 Å². The van der Waals surface area contributed by atoms with Gasteiger partial charge in [0.1, 0.15) is 11.6 Å². The second kappa shape index (κ2) is 10.9. The third-order valence-corrected chi connectivity index (χ3v) is 5.82. The van der Waals surface area contributed by atoms with Crippen LogP contribution in [0.25, 0.3) is 0 Å². The van der Waals surface area contributed by atoms with Gasteiger partial charge in [0.15, 0.2) is 0 Å². The van der Waals surface area contributed by atoms with E-state index in [4.69, 9.17) is 0 Å². The fraction of sp³-hybridized carbons (Fsp3) is 0.269. The Bertz CT molecular complexity index is 975. The van der Waals surface area contributed by atoms with Gasteiger partial charge < -0.3 is 15.1 Å². The van der Waals surface area contributed by atoms with Crippen LogP contribution in [0.15, 0.2) is 78.9 Å². The summed E-state index contributed by atoms with van der Waals surface area (Å²) in [5.74, 6) is -0.570. The van der Waals surface area contributed by atoms with Crippen LogP contribution >= 0.6 is 0 Å². The van der Waals surface area contributed by atoms with Crippen LogP contribution in [0.5, 0.6) is 0 Å². The number of piperazine rings is 1. The summed E-state index contributed by atoms with van der Waals surface area (Å²) in [7, 11) is 0. The number of para-hydroxylation sites is 1. The Hall–Kier alpha value is -3.45. The molecular weight excluding hydrogens is 422 g/mol. The Kier molecular flexibility index (Phi) is 7.52. The summed E-state index contributed by atoms with van der Waals surface area (Å²) in [6.45, 7) is 4.58. The molecule has 3 aromatic carbocycles. The number of benzene rings is 3. The maximum atomic E-state index is 13.4. The third-order valence-electron chi connectivity index (χ3n) is 5.82. The van der Waals surface area contributed by atoms with E-state index in [9.17, 15) is 13.6 Å². The summed E-state index contributed by atoms with van der Waals surface area (Å²) < 4.78 is 26.8. The van der Waals surface area contributed by atoms with Gasteiger partial charge in [-0.2, -0.15) is 0 Å². The van der Waals surface area contributed by atoms with Crippen LogP contribution in [0.4, 0.5) is 30.6 Å². The Morgan fingerprint density at radius 2 is 1.33 bits per heavy atom. The van der Waals surface area contributed by atoms with Gasteiger partial charge in [-0.1, -0.05) is 18.2 Å². The zero-order valence-corrected chi connectivity index (χ0v) is 18.5. The van der Waals surface area contributed by atoms with Gasteiger partial charge in [0.2, 0.25) is 0 Å². The van der Waals surface area contributed by atoms with Crippen molar-refractivity contribution in [1.29, 1.82) is 0 Å². The summed E-state index contributed by atoms with van der Waals surface area (Å²) in [5, 5.41) is 2.94. The van der Waals surface area contributed by atoms with Crippen molar-refractivity contribution in [3.63, 3.8) is 0 Å². The molecule has 0 spiro atoms. The maximum Gasteiger partial charge on any atom is 0.321 e. The highest BCUT2D eigenvalue weighted by atomic mass is 19.1. The molecule has 33 heavy (non-hydrogen) atoms. The van der Waals surface area contributed by atoms with Gasteiger partial charge in [-0.15, -0.1) is 0 Å². The predicted molar refractivity (Wildman–Crippen MR) is 128 cm³/mol. The van der Waals surface area contributed by atoms with Crippen molar-refractivity contribution in [1.82, 2.24) is 9.80 Å². The minimum atomic E-state index is -0.285. The standard InChI is InChI=1S/C26H28F2N4O/c27-21-7-11-24(12-8-21)32(25-13-9-22(28)10-14-25)16-4-15-30-17-19-31(20-18-30)26(33)29-23-5-2-1-3-6-23/h1-3,5-14H,4,15-20H2,(H,29,33). The molecule has 1 aliphatic rings. The second-order valence-electron chi connectivity index (χ2n) is 8.08. The van der Waals surface area contributed by atoms with E-state index >= 15 is 0 Å². The van der Waals surface area contributed by atoms with Crippen LogP contribution in [0.1, 0.15) is 6.42 Å². The Labute approximate surface area is 193 Å². The van der Waals surface area contributed by atoms with Crippen LogP contribution in [-0.2, 0) is 0 Å². The van der Waals surface area contributed by atoms with Crippen molar-refractivity contribution < 1.29 is 13.6 Å². The molecule has 0 bridgehead atoms. The first-order chi connectivity index (χ1) is 16.1. The molecule has 0 unspecified atom stereocenters. The average Bonchev–Trinajstić information content (AvgIpc) is 2.84. The van der Waals surface area contributed by atoms with E-state index in [0.29, 0.717) is 19.6 Å². The molecule has 7 heteroatoms. The summed E-state index contributed by atoms with van der Waals surface area (Å²) >= 11 is 0. The minimum Gasteiger partial charge on any atom is -0.341 e. The fourth-order valence-electron chi connectivity index (χ4n) is 4.00. The van der Waals surface area contributed by atoms with E-state index in [-0.39, 0.29) is 17.7 Å². The van der Waals surface area contributed by atoms with Crippen LogP contribution < -0.4 is 10.2 Å². The molecule has 4 rings (SSSR count). The predicted octanol–water partition coefficient (Wildman–Crippen LogP) is 5.34. The molecule has 1 N–H and O–H groups in total. The summed E-state index contributed by atoms with van der Waals surface area (Å²) in [6, 6.07) is 22.1. The molecule has 0 saturated carbocycles. The van der Waals surface area contributed by atoms with Crippen LogP contribution in [0, 0.1) is 11.6 Å². The maximum absolute atomic E-state index is 13.4. The molecule has 0 atom stereocenters. The van der Waals surface area contributed by atoms with E-state index in [1.807, 2.05) is 35.2 Å². The van der Waals surface area contributed by atoms with Crippen molar-refractivity contribution in [2.75, 3.05) is 49.5 Å². The Morgan fingerprint density at radius 3 is 1.88 bits per heavy atom. The minimum absolute atomic E-state index is 0.0698. The molecule has 1 saturated heterocycles. The van der Waals surface area contributed by atoms with Gasteiger partial charge in [0.25, 0.3) is 0 Å². The molecule has 0 aliphatic carbocycles. The van der Waals surface area contributed by atoms with Crippen molar-refractivity contribution in [3.05, 3.63) is 90.5 Å². The number of nitrogens with zero attached hydrogens (tertiary/aromatic N) is 3. The normalized spacial score (nSPS) is 14.2. The van der Waals surface area contributed by atoms with E-state index in [1.165, 1.54) is 24.3 Å². The van der Waals surface area contributed by atoms with Gasteiger partial charge >= 0.3 is 6.03 Å². The second-order valence-corrected chi connectivity index (χ2v) is 8.08. The third kappa shape index (κ3) is 6.29. The van der Waals surface area contributed by atoms with Crippen molar-refractivity contribution >= 4 is 23.1 Å². The monoisotopic (exact) mass is 450 g/mol. The molecule has 1 aliphatic heterocycles. The van der Waals surface area contributed by atoms with Gasteiger partial charge in [0.05, 0.1) is 0 Å². The number of hydrogen-bond acceptors (Lipinski definition) is 3. The highest BCUT2D eigenvalue weighted by Crippen LogP contribution is 2.26. The van der Waals surface area contributed by atoms with Crippen LogP contribution in [-0.4, -0.2) is 55.1 Å². The Morgan fingerprint density at radius 1 is 0.788 bits per heavy atom. The van der Waals surface area contributed by atoms with E-state index in [1.54, 1.807) is 24.3 Å². The number of hydrogen-bond donors (Lipinski definition) is 1.